The third-order valence-corrected chi connectivity index (χ3v) is 4.01. The Morgan fingerprint density at radius 1 is 1.42 bits per heavy atom. The minimum absolute atomic E-state index is 0.00849. The Morgan fingerprint density at radius 2 is 2.21 bits per heavy atom. The summed E-state index contributed by atoms with van der Waals surface area (Å²) in [6.45, 7) is 2.07. The summed E-state index contributed by atoms with van der Waals surface area (Å²) in [5, 5.41) is 13.6. The molecule has 102 valence electrons. The largest absolute Gasteiger partial charge is 0.384 e. The quantitative estimate of drug-likeness (QED) is 0.810. The number of thiophene rings is 1. The maximum absolute atomic E-state index is 12.0. The van der Waals surface area contributed by atoms with Crippen molar-refractivity contribution in [1.29, 1.82) is 0 Å². The van der Waals surface area contributed by atoms with Gasteiger partial charge in [-0.2, -0.15) is 0 Å². The number of piperidine rings is 1. The molecule has 0 bridgehead atoms. The number of nitrogens with zero attached hydrogens (tertiary/aromatic N) is 1. The molecule has 19 heavy (non-hydrogen) atoms. The highest BCUT2D eigenvalue weighted by Gasteiger charge is 2.16. The lowest BCUT2D eigenvalue weighted by atomic mass is 10.1. The third-order valence-electron chi connectivity index (χ3n) is 3.09. The van der Waals surface area contributed by atoms with Crippen molar-refractivity contribution in [2.75, 3.05) is 19.7 Å². The van der Waals surface area contributed by atoms with Crippen molar-refractivity contribution >= 4 is 17.4 Å². The van der Waals surface area contributed by atoms with Crippen molar-refractivity contribution in [3.8, 4) is 11.8 Å². The molecule has 0 aliphatic carbocycles. The second kappa shape index (κ2) is 7.17. The van der Waals surface area contributed by atoms with Crippen molar-refractivity contribution in [3.63, 3.8) is 0 Å². The predicted octanol–water partition coefficient (Wildman–Crippen LogP) is 1.79. The predicted molar refractivity (Wildman–Crippen MR) is 75.9 cm³/mol. The van der Waals surface area contributed by atoms with E-state index in [-0.39, 0.29) is 12.6 Å². The van der Waals surface area contributed by atoms with E-state index in [0.717, 1.165) is 36.4 Å². The lowest BCUT2D eigenvalue weighted by Gasteiger charge is -2.26. The van der Waals surface area contributed by atoms with Crippen LogP contribution in [0.2, 0.25) is 0 Å². The number of amides is 2. The van der Waals surface area contributed by atoms with Crippen molar-refractivity contribution in [3.05, 3.63) is 21.9 Å². The number of urea groups is 1. The van der Waals surface area contributed by atoms with Crippen LogP contribution in [0.3, 0.4) is 0 Å². The van der Waals surface area contributed by atoms with Gasteiger partial charge >= 0.3 is 6.03 Å². The molecule has 0 radical (unpaired) electrons. The Balaban J connectivity index is 1.88. The maximum Gasteiger partial charge on any atom is 0.317 e. The van der Waals surface area contributed by atoms with E-state index < -0.39 is 0 Å². The van der Waals surface area contributed by atoms with Crippen molar-refractivity contribution in [2.45, 2.75) is 25.8 Å². The summed E-state index contributed by atoms with van der Waals surface area (Å²) < 4.78 is 0. The fraction of sp³-hybridized carbons (Fsp3) is 0.500. The van der Waals surface area contributed by atoms with Gasteiger partial charge in [0.2, 0.25) is 0 Å². The molecule has 0 saturated carbocycles. The molecule has 1 aliphatic rings. The molecule has 2 rings (SSSR count). The second-order valence-electron chi connectivity index (χ2n) is 4.42. The van der Waals surface area contributed by atoms with Crippen LogP contribution in [0, 0.1) is 11.8 Å². The Bertz CT molecular complexity index is 481. The van der Waals surface area contributed by atoms with E-state index in [4.69, 9.17) is 5.11 Å². The average molecular weight is 278 g/mol. The summed E-state index contributed by atoms with van der Waals surface area (Å²) in [6, 6.07) is 1.92. The average Bonchev–Trinajstić information content (AvgIpc) is 2.91. The Hall–Kier alpha value is -1.51. The monoisotopic (exact) mass is 278 g/mol. The fourth-order valence-electron chi connectivity index (χ4n) is 2.09. The lowest BCUT2D eigenvalue weighted by Crippen LogP contribution is -2.42. The van der Waals surface area contributed by atoms with Gasteiger partial charge in [0.25, 0.3) is 0 Å². The smallest absolute Gasteiger partial charge is 0.317 e. The lowest BCUT2D eigenvalue weighted by molar-refractivity contribution is 0.186. The van der Waals surface area contributed by atoms with Gasteiger partial charge in [-0.05, 0) is 30.7 Å². The molecule has 2 amide bonds. The molecule has 1 fully saturated rings. The minimum atomic E-state index is -0.143. The van der Waals surface area contributed by atoms with Gasteiger partial charge in [0, 0.05) is 23.5 Å². The van der Waals surface area contributed by atoms with Gasteiger partial charge in [-0.15, -0.1) is 11.3 Å². The van der Waals surface area contributed by atoms with Crippen molar-refractivity contribution in [2.24, 2.45) is 0 Å². The highest BCUT2D eigenvalue weighted by atomic mass is 32.1. The van der Waals surface area contributed by atoms with E-state index >= 15 is 0 Å². The number of rotatable bonds is 2. The van der Waals surface area contributed by atoms with Gasteiger partial charge in [0.05, 0.1) is 6.54 Å². The van der Waals surface area contributed by atoms with Crippen LogP contribution >= 0.6 is 11.3 Å². The first-order valence-corrected chi connectivity index (χ1v) is 7.38. The summed E-state index contributed by atoms with van der Waals surface area (Å²) in [5.74, 6) is 5.52. The van der Waals surface area contributed by atoms with Crippen LogP contribution in [0.4, 0.5) is 4.79 Å². The zero-order chi connectivity index (χ0) is 13.5. The summed E-state index contributed by atoms with van der Waals surface area (Å²) >= 11 is 1.57. The molecule has 1 aromatic heterocycles. The number of aliphatic hydroxyl groups is 1. The van der Waals surface area contributed by atoms with Gasteiger partial charge in [0.1, 0.15) is 6.61 Å². The molecule has 5 heteroatoms. The first-order chi connectivity index (χ1) is 9.31. The van der Waals surface area contributed by atoms with Gasteiger partial charge in [-0.3, -0.25) is 0 Å². The minimum Gasteiger partial charge on any atom is -0.384 e. The summed E-state index contributed by atoms with van der Waals surface area (Å²) in [5.41, 5.74) is 0.887. The first-order valence-electron chi connectivity index (χ1n) is 6.50. The van der Waals surface area contributed by atoms with Gasteiger partial charge in [-0.1, -0.05) is 11.8 Å². The van der Waals surface area contributed by atoms with E-state index in [0.29, 0.717) is 6.54 Å². The van der Waals surface area contributed by atoms with E-state index in [1.54, 1.807) is 11.3 Å². The fourth-order valence-corrected chi connectivity index (χ4v) is 2.86. The SMILES string of the molecule is O=C(NCc1sccc1C#CCO)N1CCCCC1. The van der Waals surface area contributed by atoms with Crippen LogP contribution in [0.5, 0.6) is 0 Å². The first kappa shape index (κ1) is 13.9. The Morgan fingerprint density at radius 3 is 2.95 bits per heavy atom. The number of likely N-dealkylation sites (tertiary alicyclic amines) is 1. The van der Waals surface area contributed by atoms with E-state index in [9.17, 15) is 4.79 Å². The van der Waals surface area contributed by atoms with E-state index in [1.165, 1.54) is 6.42 Å². The number of carbonyl (C=O) groups excluding carboxylic acids is 1. The molecule has 0 spiro atoms. The summed E-state index contributed by atoms with van der Waals surface area (Å²) in [6.07, 6.45) is 3.41. The Labute approximate surface area is 117 Å². The summed E-state index contributed by atoms with van der Waals surface area (Å²) in [4.78, 5) is 14.9. The molecular formula is C14H18N2O2S. The molecule has 2 N–H and O–H groups in total. The molecule has 1 aliphatic heterocycles. The highest BCUT2D eigenvalue weighted by molar-refractivity contribution is 7.10. The van der Waals surface area contributed by atoms with Gasteiger partial charge in [-0.25, -0.2) is 4.79 Å². The molecular weight excluding hydrogens is 260 g/mol. The maximum atomic E-state index is 12.0. The Kier molecular flexibility index (Phi) is 5.25. The molecule has 1 aromatic rings. The number of nitrogens with one attached hydrogen (secondary N) is 1. The van der Waals surface area contributed by atoms with Crippen LogP contribution < -0.4 is 5.32 Å². The molecule has 4 nitrogen and oxygen atoms in total. The number of aliphatic hydroxyl groups excluding tert-OH is 1. The van der Waals surface area contributed by atoms with Crippen LogP contribution in [-0.2, 0) is 6.54 Å². The van der Waals surface area contributed by atoms with Crippen LogP contribution in [-0.4, -0.2) is 35.7 Å². The zero-order valence-corrected chi connectivity index (χ0v) is 11.6. The van der Waals surface area contributed by atoms with Crippen molar-refractivity contribution < 1.29 is 9.90 Å². The molecule has 0 atom stereocenters. The highest BCUT2D eigenvalue weighted by Crippen LogP contribution is 2.16. The summed E-state index contributed by atoms with van der Waals surface area (Å²) in [7, 11) is 0. The van der Waals surface area contributed by atoms with Crippen molar-refractivity contribution in [1.82, 2.24) is 10.2 Å². The molecule has 1 saturated heterocycles. The zero-order valence-electron chi connectivity index (χ0n) is 10.8. The molecule has 2 heterocycles. The standard InChI is InChI=1S/C14H18N2O2S/c17-9-4-5-12-6-10-19-13(12)11-15-14(18)16-7-2-1-3-8-16/h6,10,17H,1-3,7-9,11H2,(H,15,18). The van der Waals surface area contributed by atoms with Crippen LogP contribution in [0.1, 0.15) is 29.7 Å². The third kappa shape index (κ3) is 3.98. The van der Waals surface area contributed by atoms with Crippen LogP contribution in [0.15, 0.2) is 11.4 Å². The molecule has 0 aromatic carbocycles. The molecule has 0 unspecified atom stereocenters. The van der Waals surface area contributed by atoms with E-state index in [2.05, 4.69) is 17.2 Å². The van der Waals surface area contributed by atoms with Gasteiger partial charge in [0.15, 0.2) is 0 Å². The number of carbonyl (C=O) groups is 1. The number of hydrogen-bond donors (Lipinski definition) is 2. The van der Waals surface area contributed by atoms with Gasteiger partial charge < -0.3 is 15.3 Å². The van der Waals surface area contributed by atoms with Crippen LogP contribution in [0.25, 0.3) is 0 Å². The topological polar surface area (TPSA) is 52.6 Å². The second-order valence-corrected chi connectivity index (χ2v) is 5.42. The van der Waals surface area contributed by atoms with E-state index in [1.807, 2.05) is 16.3 Å². The normalized spacial score (nSPS) is 14.7. The number of hydrogen-bond acceptors (Lipinski definition) is 3.